The highest BCUT2D eigenvalue weighted by molar-refractivity contribution is 5.81. The second-order valence-electron chi connectivity index (χ2n) is 3.64. The first kappa shape index (κ1) is 12.3. The summed E-state index contributed by atoms with van der Waals surface area (Å²) < 4.78 is 0. The Balaban J connectivity index is 2.96. The van der Waals surface area contributed by atoms with Crippen LogP contribution >= 0.6 is 0 Å². The minimum atomic E-state index is -0.499. The lowest BCUT2D eigenvalue weighted by Gasteiger charge is -2.02. The van der Waals surface area contributed by atoms with E-state index in [4.69, 9.17) is 0 Å². The van der Waals surface area contributed by atoms with Crippen LogP contribution in [0.2, 0.25) is 0 Å². The number of carbonyl (C=O) groups is 1. The van der Waals surface area contributed by atoms with Crippen LogP contribution in [-0.4, -0.2) is 15.7 Å². The van der Waals surface area contributed by atoms with Crippen LogP contribution in [0.4, 0.5) is 5.69 Å². The van der Waals surface area contributed by atoms with E-state index in [9.17, 15) is 14.9 Å². The van der Waals surface area contributed by atoms with E-state index in [1.165, 1.54) is 6.07 Å². The van der Waals surface area contributed by atoms with E-state index in [2.05, 4.69) is 4.98 Å². The molecule has 0 fully saturated rings. The highest BCUT2D eigenvalue weighted by Gasteiger charge is 2.17. The minimum absolute atomic E-state index is 0.0105. The third-order valence-corrected chi connectivity index (χ3v) is 2.18. The van der Waals surface area contributed by atoms with E-state index in [0.29, 0.717) is 12.1 Å². The van der Waals surface area contributed by atoms with E-state index < -0.39 is 4.92 Å². The summed E-state index contributed by atoms with van der Waals surface area (Å²) >= 11 is 0. The number of pyridine rings is 1. The summed E-state index contributed by atoms with van der Waals surface area (Å²) in [6.45, 7) is 3.65. The number of aromatic nitrogens is 1. The van der Waals surface area contributed by atoms with Crippen LogP contribution in [0.25, 0.3) is 0 Å². The summed E-state index contributed by atoms with van der Waals surface area (Å²) in [5.41, 5.74) is 0.878. The van der Waals surface area contributed by atoms with Gasteiger partial charge in [-0.25, -0.2) is 0 Å². The molecule has 5 nitrogen and oxygen atoms in total. The number of carbonyl (C=O) groups excluding carboxylic acids is 1. The van der Waals surface area contributed by atoms with Crippen molar-refractivity contribution in [3.05, 3.63) is 33.6 Å². The maximum atomic E-state index is 11.4. The predicted molar refractivity (Wildman–Crippen MR) is 59.2 cm³/mol. The molecule has 0 radical (unpaired) electrons. The molecule has 0 aromatic carbocycles. The number of ketones is 1. The third kappa shape index (κ3) is 3.12. The average molecular weight is 222 g/mol. The lowest BCUT2D eigenvalue weighted by Crippen LogP contribution is -2.07. The van der Waals surface area contributed by atoms with E-state index >= 15 is 0 Å². The van der Waals surface area contributed by atoms with Crippen LogP contribution in [0.15, 0.2) is 12.1 Å². The van der Waals surface area contributed by atoms with Crippen LogP contribution in [0.5, 0.6) is 0 Å². The summed E-state index contributed by atoms with van der Waals surface area (Å²) in [6.07, 6.45) is 1.23. The largest absolute Gasteiger partial charge is 0.299 e. The van der Waals surface area contributed by atoms with E-state index in [1.807, 2.05) is 6.92 Å². The average Bonchev–Trinajstić information content (AvgIpc) is 2.17. The Morgan fingerprint density at radius 1 is 1.50 bits per heavy atom. The summed E-state index contributed by atoms with van der Waals surface area (Å²) in [7, 11) is 0. The topological polar surface area (TPSA) is 73.1 Å². The second-order valence-corrected chi connectivity index (χ2v) is 3.64. The highest BCUT2D eigenvalue weighted by Crippen LogP contribution is 2.17. The zero-order chi connectivity index (χ0) is 12.1. The number of nitrogens with zero attached hydrogens (tertiary/aromatic N) is 2. The molecular weight excluding hydrogens is 208 g/mol. The number of nitro groups is 1. The molecule has 86 valence electrons. The normalized spacial score (nSPS) is 10.1. The number of aryl methyl sites for hydroxylation is 1. The lowest BCUT2D eigenvalue weighted by atomic mass is 10.1. The highest BCUT2D eigenvalue weighted by atomic mass is 16.6. The fraction of sp³-hybridized carbons (Fsp3) is 0.455. The maximum Gasteiger partial charge on any atom is 0.291 e. The fourth-order valence-electron chi connectivity index (χ4n) is 1.45. The molecule has 5 heteroatoms. The molecule has 0 aliphatic carbocycles. The van der Waals surface area contributed by atoms with Crippen molar-refractivity contribution < 1.29 is 9.72 Å². The van der Waals surface area contributed by atoms with Gasteiger partial charge in [0.1, 0.15) is 11.5 Å². The number of rotatable bonds is 5. The van der Waals surface area contributed by atoms with Crippen molar-refractivity contribution in [3.8, 4) is 0 Å². The number of hydrogen-bond donors (Lipinski definition) is 0. The van der Waals surface area contributed by atoms with Crippen molar-refractivity contribution in [2.24, 2.45) is 0 Å². The molecule has 0 atom stereocenters. The maximum absolute atomic E-state index is 11.4. The first-order chi connectivity index (χ1) is 7.54. The van der Waals surface area contributed by atoms with Crippen LogP contribution in [-0.2, 0) is 11.2 Å². The number of Topliss-reactive ketones (excluding diaryl/α,β-unsaturated/α-hetero) is 1. The Hall–Kier alpha value is -1.78. The van der Waals surface area contributed by atoms with Crippen molar-refractivity contribution in [1.29, 1.82) is 0 Å². The van der Waals surface area contributed by atoms with Gasteiger partial charge in [0, 0.05) is 18.2 Å². The molecule has 0 saturated heterocycles. The van der Waals surface area contributed by atoms with Crippen LogP contribution < -0.4 is 0 Å². The van der Waals surface area contributed by atoms with Gasteiger partial charge in [-0.1, -0.05) is 6.92 Å². The fourth-order valence-corrected chi connectivity index (χ4v) is 1.45. The van der Waals surface area contributed by atoms with Gasteiger partial charge in [0.15, 0.2) is 0 Å². The lowest BCUT2D eigenvalue weighted by molar-refractivity contribution is -0.385. The predicted octanol–water partition coefficient (Wildman–Crippen LogP) is 2.21. The van der Waals surface area contributed by atoms with Gasteiger partial charge in [-0.2, -0.15) is 0 Å². The summed E-state index contributed by atoms with van der Waals surface area (Å²) in [6, 6.07) is 2.98. The second kappa shape index (κ2) is 5.34. The van der Waals surface area contributed by atoms with Crippen LogP contribution in [0, 0.1) is 17.0 Å². The molecule has 1 rings (SSSR count). The summed E-state index contributed by atoms with van der Waals surface area (Å²) in [5.74, 6) is -0.0105. The van der Waals surface area contributed by atoms with E-state index in [1.54, 1.807) is 13.0 Å². The Labute approximate surface area is 93.7 Å². The Kier molecular flexibility index (Phi) is 4.10. The van der Waals surface area contributed by atoms with Gasteiger partial charge in [-0.15, -0.1) is 0 Å². The molecule has 0 saturated carbocycles. The van der Waals surface area contributed by atoms with Gasteiger partial charge in [-0.3, -0.25) is 19.9 Å². The minimum Gasteiger partial charge on any atom is -0.299 e. The Morgan fingerprint density at radius 3 is 2.75 bits per heavy atom. The monoisotopic (exact) mass is 222 g/mol. The molecule has 16 heavy (non-hydrogen) atoms. The molecule has 1 heterocycles. The van der Waals surface area contributed by atoms with E-state index in [0.717, 1.165) is 6.42 Å². The smallest absolute Gasteiger partial charge is 0.291 e. The molecule has 0 N–H and O–H groups in total. The molecule has 1 aromatic heterocycles. The molecule has 0 amide bonds. The van der Waals surface area contributed by atoms with Gasteiger partial charge >= 0.3 is 0 Å². The van der Waals surface area contributed by atoms with Gasteiger partial charge in [-0.05, 0) is 19.4 Å². The van der Waals surface area contributed by atoms with E-state index in [-0.39, 0.29) is 23.6 Å². The summed E-state index contributed by atoms with van der Waals surface area (Å²) in [5, 5.41) is 10.7. The first-order valence-electron chi connectivity index (χ1n) is 5.17. The molecule has 0 aliphatic rings. The van der Waals surface area contributed by atoms with Crippen molar-refractivity contribution in [2.45, 2.75) is 33.1 Å². The van der Waals surface area contributed by atoms with Crippen molar-refractivity contribution in [3.63, 3.8) is 0 Å². The molecule has 0 unspecified atom stereocenters. The molecular formula is C11H14N2O3. The standard InChI is InChI=1S/C11H14N2O3/c1-3-4-9(14)7-10-11(13(15)16)6-5-8(2)12-10/h5-6H,3-4,7H2,1-2H3. The molecule has 0 aliphatic heterocycles. The Bertz CT molecular complexity index is 416. The van der Waals surface area contributed by atoms with Crippen molar-refractivity contribution in [2.75, 3.05) is 0 Å². The first-order valence-corrected chi connectivity index (χ1v) is 5.17. The molecule has 0 spiro atoms. The molecule has 1 aromatic rings. The van der Waals surface area contributed by atoms with Crippen LogP contribution in [0.3, 0.4) is 0 Å². The van der Waals surface area contributed by atoms with Gasteiger partial charge in [0.2, 0.25) is 0 Å². The quantitative estimate of drug-likeness (QED) is 0.565. The van der Waals surface area contributed by atoms with Gasteiger partial charge < -0.3 is 0 Å². The van der Waals surface area contributed by atoms with Crippen molar-refractivity contribution >= 4 is 11.5 Å². The molecule has 0 bridgehead atoms. The third-order valence-electron chi connectivity index (χ3n) is 2.18. The zero-order valence-corrected chi connectivity index (χ0v) is 9.40. The van der Waals surface area contributed by atoms with Crippen molar-refractivity contribution in [1.82, 2.24) is 4.98 Å². The van der Waals surface area contributed by atoms with Gasteiger partial charge in [0.25, 0.3) is 5.69 Å². The zero-order valence-electron chi connectivity index (χ0n) is 9.40. The summed E-state index contributed by atoms with van der Waals surface area (Å²) in [4.78, 5) is 25.7. The van der Waals surface area contributed by atoms with Gasteiger partial charge in [0.05, 0.1) is 11.3 Å². The van der Waals surface area contributed by atoms with Crippen LogP contribution in [0.1, 0.15) is 31.2 Å². The SMILES string of the molecule is CCCC(=O)Cc1nc(C)ccc1[N+](=O)[O-]. The Morgan fingerprint density at radius 2 is 2.19 bits per heavy atom. The number of hydrogen-bond acceptors (Lipinski definition) is 4.